The summed E-state index contributed by atoms with van der Waals surface area (Å²) in [6.07, 6.45) is 1.59. The van der Waals surface area contributed by atoms with Crippen LogP contribution in [0.15, 0.2) is 24.3 Å². The monoisotopic (exact) mass is 292 g/mol. The number of rotatable bonds is 5. The molecule has 4 atom stereocenters. The second-order valence-electron chi connectivity index (χ2n) is 5.87. The fraction of sp³-hybridized carbons (Fsp3) is 0.647. The largest absolute Gasteiger partial charge is 0.376 e. The third-order valence-corrected chi connectivity index (χ3v) is 4.69. The minimum Gasteiger partial charge on any atom is -0.376 e. The molecular formula is C17H24O4. The Hall–Kier alpha value is -0.940. The summed E-state index contributed by atoms with van der Waals surface area (Å²) in [7, 11) is 1.71. The van der Waals surface area contributed by atoms with Gasteiger partial charge in [0, 0.05) is 20.0 Å². The van der Waals surface area contributed by atoms with E-state index >= 15 is 0 Å². The summed E-state index contributed by atoms with van der Waals surface area (Å²) < 4.78 is 23.7. The highest BCUT2D eigenvalue weighted by Gasteiger charge is 2.54. The van der Waals surface area contributed by atoms with Gasteiger partial charge in [0.1, 0.15) is 12.2 Å². The maximum atomic E-state index is 6.12. The van der Waals surface area contributed by atoms with E-state index in [1.165, 1.54) is 11.1 Å². The van der Waals surface area contributed by atoms with Crippen molar-refractivity contribution in [1.29, 1.82) is 0 Å². The third kappa shape index (κ3) is 2.73. The van der Waals surface area contributed by atoms with Crippen LogP contribution in [0.2, 0.25) is 0 Å². The first-order chi connectivity index (χ1) is 10.2. The first kappa shape index (κ1) is 15.0. The van der Waals surface area contributed by atoms with Crippen molar-refractivity contribution in [2.45, 2.75) is 57.4 Å². The van der Waals surface area contributed by atoms with E-state index in [2.05, 4.69) is 26.0 Å². The zero-order valence-corrected chi connectivity index (χ0v) is 13.0. The number of hydrogen-bond acceptors (Lipinski definition) is 4. The van der Waals surface area contributed by atoms with Crippen LogP contribution in [-0.2, 0) is 25.6 Å². The molecule has 0 spiro atoms. The van der Waals surface area contributed by atoms with Crippen molar-refractivity contribution in [2.75, 3.05) is 13.7 Å². The number of benzene rings is 1. The second kappa shape index (κ2) is 6.05. The van der Waals surface area contributed by atoms with Crippen molar-refractivity contribution >= 4 is 0 Å². The van der Waals surface area contributed by atoms with Gasteiger partial charge in [-0.05, 0) is 18.1 Å². The van der Waals surface area contributed by atoms with Gasteiger partial charge in [-0.2, -0.15) is 0 Å². The van der Waals surface area contributed by atoms with Crippen molar-refractivity contribution in [2.24, 2.45) is 0 Å². The van der Waals surface area contributed by atoms with Gasteiger partial charge in [0.05, 0.1) is 19.3 Å². The molecule has 2 bridgehead atoms. The van der Waals surface area contributed by atoms with E-state index in [1.54, 1.807) is 7.11 Å². The molecule has 2 fully saturated rings. The van der Waals surface area contributed by atoms with Gasteiger partial charge in [0.25, 0.3) is 0 Å². The van der Waals surface area contributed by atoms with E-state index in [0.717, 1.165) is 12.8 Å². The Morgan fingerprint density at radius 2 is 2.14 bits per heavy atom. The molecule has 0 amide bonds. The summed E-state index contributed by atoms with van der Waals surface area (Å²) in [6.45, 7) is 5.37. The van der Waals surface area contributed by atoms with Crippen LogP contribution in [0.4, 0.5) is 0 Å². The van der Waals surface area contributed by atoms with Gasteiger partial charge in [0.15, 0.2) is 5.79 Å². The van der Waals surface area contributed by atoms with E-state index in [0.29, 0.717) is 13.2 Å². The highest BCUT2D eigenvalue weighted by molar-refractivity contribution is 5.24. The Morgan fingerprint density at radius 3 is 2.86 bits per heavy atom. The maximum Gasteiger partial charge on any atom is 0.195 e. The van der Waals surface area contributed by atoms with Crippen molar-refractivity contribution in [3.63, 3.8) is 0 Å². The molecule has 0 radical (unpaired) electrons. The number of fused-ring (bicyclic) bond motifs is 2. The van der Waals surface area contributed by atoms with Crippen molar-refractivity contribution in [3.05, 3.63) is 35.4 Å². The smallest absolute Gasteiger partial charge is 0.195 e. The summed E-state index contributed by atoms with van der Waals surface area (Å²) in [5.74, 6) is -0.568. The van der Waals surface area contributed by atoms with Crippen LogP contribution in [0.25, 0.3) is 0 Å². The summed E-state index contributed by atoms with van der Waals surface area (Å²) in [4.78, 5) is 0. The molecule has 1 aromatic carbocycles. The molecular weight excluding hydrogens is 268 g/mol. The molecule has 2 saturated heterocycles. The minimum absolute atomic E-state index is 0.0142. The van der Waals surface area contributed by atoms with Gasteiger partial charge in [-0.15, -0.1) is 0 Å². The zero-order chi connectivity index (χ0) is 14.9. The predicted molar refractivity (Wildman–Crippen MR) is 79.0 cm³/mol. The number of hydrogen-bond donors (Lipinski definition) is 0. The van der Waals surface area contributed by atoms with Crippen LogP contribution in [0, 0.1) is 6.92 Å². The summed E-state index contributed by atoms with van der Waals surface area (Å²) in [5, 5.41) is 0. The van der Waals surface area contributed by atoms with Crippen molar-refractivity contribution in [3.8, 4) is 0 Å². The molecule has 0 N–H and O–H groups in total. The Balaban J connectivity index is 1.66. The normalized spacial score (nSPS) is 35.1. The molecule has 0 aliphatic carbocycles. The molecule has 116 valence electrons. The van der Waals surface area contributed by atoms with Gasteiger partial charge in [-0.1, -0.05) is 31.2 Å². The first-order valence-electron chi connectivity index (χ1n) is 7.69. The predicted octanol–water partition coefficient (Wildman–Crippen LogP) is 2.82. The van der Waals surface area contributed by atoms with Gasteiger partial charge in [0.2, 0.25) is 0 Å². The Kier molecular flexibility index (Phi) is 4.31. The third-order valence-electron chi connectivity index (χ3n) is 4.69. The standard InChI is InChI=1S/C17H24O4/c1-4-17-16(18-3)9-14(15(21-17)11-20-17)19-10-13-8-6-5-7-12(13)2/h5-8,14-16H,4,9-11H2,1-3H3/t14-,15+,16+,17+/m0/s1. The van der Waals surface area contributed by atoms with E-state index in [-0.39, 0.29) is 18.3 Å². The SMILES string of the molecule is CC[C@@]12OC[C@@H](O1)[C@@H](OCc1ccccc1C)C[C@H]2OC. The molecule has 0 unspecified atom stereocenters. The zero-order valence-electron chi connectivity index (χ0n) is 13.0. The van der Waals surface area contributed by atoms with Crippen LogP contribution < -0.4 is 0 Å². The average molecular weight is 292 g/mol. The lowest BCUT2D eigenvalue weighted by molar-refractivity contribution is -0.275. The molecule has 2 aliphatic heterocycles. The minimum atomic E-state index is -0.568. The molecule has 4 heteroatoms. The molecule has 21 heavy (non-hydrogen) atoms. The highest BCUT2D eigenvalue weighted by atomic mass is 16.8. The Labute approximate surface area is 126 Å². The fourth-order valence-corrected chi connectivity index (χ4v) is 3.27. The van der Waals surface area contributed by atoms with Crippen LogP contribution in [0.3, 0.4) is 0 Å². The van der Waals surface area contributed by atoms with Gasteiger partial charge < -0.3 is 18.9 Å². The van der Waals surface area contributed by atoms with Crippen molar-refractivity contribution < 1.29 is 18.9 Å². The topological polar surface area (TPSA) is 36.9 Å². The lowest BCUT2D eigenvalue weighted by Gasteiger charge is -2.40. The average Bonchev–Trinajstić information content (AvgIpc) is 2.89. The lowest BCUT2D eigenvalue weighted by Crippen LogP contribution is -2.52. The lowest BCUT2D eigenvalue weighted by atomic mass is 9.96. The van der Waals surface area contributed by atoms with Crippen LogP contribution in [0.1, 0.15) is 30.9 Å². The molecule has 2 heterocycles. The first-order valence-corrected chi connectivity index (χ1v) is 7.69. The van der Waals surface area contributed by atoms with Crippen LogP contribution >= 0.6 is 0 Å². The molecule has 3 rings (SSSR count). The molecule has 0 saturated carbocycles. The summed E-state index contributed by atoms with van der Waals surface area (Å²) >= 11 is 0. The molecule has 4 nitrogen and oxygen atoms in total. The van der Waals surface area contributed by atoms with E-state index in [4.69, 9.17) is 18.9 Å². The Bertz CT molecular complexity index is 489. The highest BCUT2D eigenvalue weighted by Crippen LogP contribution is 2.41. The summed E-state index contributed by atoms with van der Waals surface area (Å²) in [5.41, 5.74) is 2.47. The Morgan fingerprint density at radius 1 is 1.33 bits per heavy atom. The maximum absolute atomic E-state index is 6.12. The number of methoxy groups -OCH3 is 1. The van der Waals surface area contributed by atoms with E-state index < -0.39 is 5.79 Å². The fourth-order valence-electron chi connectivity index (χ4n) is 3.27. The van der Waals surface area contributed by atoms with E-state index in [1.807, 2.05) is 12.1 Å². The van der Waals surface area contributed by atoms with Crippen molar-refractivity contribution in [1.82, 2.24) is 0 Å². The molecule has 0 aromatic heterocycles. The quantitative estimate of drug-likeness (QED) is 0.836. The number of aryl methyl sites for hydroxylation is 1. The van der Waals surface area contributed by atoms with Crippen LogP contribution in [0.5, 0.6) is 0 Å². The van der Waals surface area contributed by atoms with Crippen LogP contribution in [-0.4, -0.2) is 37.8 Å². The molecule has 1 aromatic rings. The molecule has 2 aliphatic rings. The van der Waals surface area contributed by atoms with Gasteiger partial charge >= 0.3 is 0 Å². The summed E-state index contributed by atoms with van der Waals surface area (Å²) in [6, 6.07) is 8.30. The number of ether oxygens (including phenoxy) is 4. The van der Waals surface area contributed by atoms with Gasteiger partial charge in [-0.3, -0.25) is 0 Å². The van der Waals surface area contributed by atoms with E-state index in [9.17, 15) is 0 Å². The second-order valence-corrected chi connectivity index (χ2v) is 5.87. The van der Waals surface area contributed by atoms with Gasteiger partial charge in [-0.25, -0.2) is 0 Å².